The van der Waals surface area contributed by atoms with Crippen LogP contribution in [0.1, 0.15) is 32.1 Å². The second-order valence-electron chi connectivity index (χ2n) is 4.75. The quantitative estimate of drug-likeness (QED) is 0.755. The van der Waals surface area contributed by atoms with Crippen molar-refractivity contribution in [2.45, 2.75) is 38.1 Å². The van der Waals surface area contributed by atoms with Gasteiger partial charge in [0, 0.05) is 25.8 Å². The predicted octanol–water partition coefficient (Wildman–Crippen LogP) is 0.786. The molecule has 1 atom stereocenters. The minimum atomic E-state index is 0.0688. The van der Waals surface area contributed by atoms with Gasteiger partial charge in [-0.3, -0.25) is 4.79 Å². The van der Waals surface area contributed by atoms with Crippen molar-refractivity contribution in [1.82, 2.24) is 4.90 Å². The molecule has 1 saturated heterocycles. The van der Waals surface area contributed by atoms with Crippen LogP contribution in [0.3, 0.4) is 0 Å². The Morgan fingerprint density at radius 3 is 2.69 bits per heavy atom. The number of carbonyl (C=O) groups excluding carboxylic acids is 1. The van der Waals surface area contributed by atoms with Crippen LogP contribution in [0.15, 0.2) is 0 Å². The smallest absolute Gasteiger partial charge is 0.228 e. The summed E-state index contributed by atoms with van der Waals surface area (Å²) in [5.41, 5.74) is 0. The summed E-state index contributed by atoms with van der Waals surface area (Å²) in [4.78, 5) is 14.2. The Labute approximate surface area is 96.6 Å². The molecule has 1 heterocycles. The van der Waals surface area contributed by atoms with Crippen LogP contribution in [-0.2, 0) is 9.53 Å². The third-order valence-corrected chi connectivity index (χ3v) is 3.63. The van der Waals surface area contributed by atoms with Gasteiger partial charge in [0.15, 0.2) is 0 Å². The summed E-state index contributed by atoms with van der Waals surface area (Å²) in [6, 6.07) is 0.430. The van der Waals surface area contributed by atoms with Crippen LogP contribution < -0.4 is 0 Å². The van der Waals surface area contributed by atoms with Crippen LogP contribution in [-0.4, -0.2) is 48.3 Å². The maximum atomic E-state index is 12.2. The molecule has 2 rings (SSSR count). The van der Waals surface area contributed by atoms with Crippen molar-refractivity contribution in [3.63, 3.8) is 0 Å². The third-order valence-electron chi connectivity index (χ3n) is 3.63. The molecule has 0 aromatic heterocycles. The summed E-state index contributed by atoms with van der Waals surface area (Å²) in [6.07, 6.45) is 5.04. The molecule has 1 saturated carbocycles. The molecular weight excluding hydrogens is 206 g/mol. The number of ether oxygens (including phenoxy) is 1. The van der Waals surface area contributed by atoms with Gasteiger partial charge in [0.2, 0.25) is 5.91 Å². The van der Waals surface area contributed by atoms with Crippen LogP contribution in [0.2, 0.25) is 0 Å². The molecule has 1 aliphatic heterocycles. The summed E-state index contributed by atoms with van der Waals surface area (Å²) < 4.78 is 5.27. The zero-order valence-corrected chi connectivity index (χ0v) is 9.73. The summed E-state index contributed by atoms with van der Waals surface area (Å²) in [5.74, 6) is 0.315. The van der Waals surface area contributed by atoms with E-state index in [0.717, 1.165) is 25.9 Å². The first-order chi connectivity index (χ1) is 7.83. The van der Waals surface area contributed by atoms with Crippen molar-refractivity contribution in [2.75, 3.05) is 26.4 Å². The highest BCUT2D eigenvalue weighted by molar-refractivity contribution is 5.79. The van der Waals surface area contributed by atoms with Crippen LogP contribution in [0, 0.1) is 5.92 Å². The van der Waals surface area contributed by atoms with Gasteiger partial charge in [0.1, 0.15) is 0 Å². The molecule has 0 radical (unpaired) electrons. The summed E-state index contributed by atoms with van der Waals surface area (Å²) in [7, 11) is 0. The summed E-state index contributed by atoms with van der Waals surface area (Å²) >= 11 is 0. The Morgan fingerprint density at radius 2 is 2.19 bits per heavy atom. The third kappa shape index (κ3) is 2.55. The van der Waals surface area contributed by atoms with Gasteiger partial charge in [-0.15, -0.1) is 0 Å². The van der Waals surface area contributed by atoms with E-state index in [9.17, 15) is 4.79 Å². The number of hydrogen-bond donors (Lipinski definition) is 1. The Bertz CT molecular complexity index is 234. The van der Waals surface area contributed by atoms with E-state index >= 15 is 0 Å². The standard InChI is InChI=1S/C12H21NO3/c14-7-2-6-13(11-3-1-4-11)12(15)10-5-8-16-9-10/h10-11,14H,1-9H2. The monoisotopic (exact) mass is 227 g/mol. The highest BCUT2D eigenvalue weighted by Gasteiger charge is 2.33. The van der Waals surface area contributed by atoms with Gasteiger partial charge >= 0.3 is 0 Å². The lowest BCUT2D eigenvalue weighted by atomic mass is 9.90. The molecular formula is C12H21NO3. The van der Waals surface area contributed by atoms with E-state index in [4.69, 9.17) is 9.84 Å². The Morgan fingerprint density at radius 1 is 1.38 bits per heavy atom. The SMILES string of the molecule is O=C(C1CCOC1)N(CCCO)C1CCC1. The molecule has 1 amide bonds. The Balaban J connectivity index is 1.90. The normalized spacial score (nSPS) is 25.4. The summed E-state index contributed by atoms with van der Waals surface area (Å²) in [6.45, 7) is 2.17. The van der Waals surface area contributed by atoms with Gasteiger partial charge in [0.25, 0.3) is 0 Å². The van der Waals surface area contributed by atoms with Gasteiger partial charge in [-0.1, -0.05) is 0 Å². The van der Waals surface area contributed by atoms with Crippen molar-refractivity contribution in [2.24, 2.45) is 5.92 Å². The number of aliphatic hydroxyl groups excluding tert-OH is 1. The zero-order valence-electron chi connectivity index (χ0n) is 9.73. The topological polar surface area (TPSA) is 49.8 Å². The molecule has 4 nitrogen and oxygen atoms in total. The van der Waals surface area contributed by atoms with Gasteiger partial charge in [0.05, 0.1) is 12.5 Å². The molecule has 1 unspecified atom stereocenters. The zero-order chi connectivity index (χ0) is 11.4. The first-order valence-corrected chi connectivity index (χ1v) is 6.32. The Kier molecular flexibility index (Phi) is 4.18. The maximum Gasteiger partial charge on any atom is 0.228 e. The number of carbonyl (C=O) groups is 1. The molecule has 0 bridgehead atoms. The van der Waals surface area contributed by atoms with Crippen molar-refractivity contribution in [3.8, 4) is 0 Å². The number of rotatable bonds is 5. The van der Waals surface area contributed by atoms with E-state index in [2.05, 4.69) is 0 Å². The van der Waals surface area contributed by atoms with E-state index in [1.807, 2.05) is 4.90 Å². The minimum absolute atomic E-state index is 0.0688. The van der Waals surface area contributed by atoms with Crippen molar-refractivity contribution >= 4 is 5.91 Å². The van der Waals surface area contributed by atoms with Crippen molar-refractivity contribution in [3.05, 3.63) is 0 Å². The van der Waals surface area contributed by atoms with E-state index in [1.165, 1.54) is 6.42 Å². The molecule has 16 heavy (non-hydrogen) atoms. The highest BCUT2D eigenvalue weighted by Crippen LogP contribution is 2.27. The van der Waals surface area contributed by atoms with Gasteiger partial charge in [-0.2, -0.15) is 0 Å². The molecule has 4 heteroatoms. The predicted molar refractivity (Wildman–Crippen MR) is 60.0 cm³/mol. The maximum absolute atomic E-state index is 12.2. The molecule has 0 spiro atoms. The second-order valence-corrected chi connectivity index (χ2v) is 4.75. The lowest BCUT2D eigenvalue weighted by Gasteiger charge is -2.38. The largest absolute Gasteiger partial charge is 0.396 e. The number of amides is 1. The number of hydrogen-bond acceptors (Lipinski definition) is 3. The minimum Gasteiger partial charge on any atom is -0.396 e. The molecule has 2 fully saturated rings. The van der Waals surface area contributed by atoms with E-state index in [1.54, 1.807) is 0 Å². The first kappa shape index (κ1) is 11.9. The average Bonchev–Trinajstić information content (AvgIpc) is 2.73. The summed E-state index contributed by atoms with van der Waals surface area (Å²) in [5, 5.41) is 8.87. The van der Waals surface area contributed by atoms with Crippen LogP contribution in [0.4, 0.5) is 0 Å². The molecule has 2 aliphatic rings. The average molecular weight is 227 g/mol. The van der Waals surface area contributed by atoms with Crippen molar-refractivity contribution < 1.29 is 14.6 Å². The fourth-order valence-electron chi connectivity index (χ4n) is 2.38. The van der Waals surface area contributed by atoms with Crippen molar-refractivity contribution in [1.29, 1.82) is 0 Å². The van der Waals surface area contributed by atoms with E-state index < -0.39 is 0 Å². The van der Waals surface area contributed by atoms with Gasteiger partial charge in [-0.05, 0) is 32.1 Å². The van der Waals surface area contributed by atoms with E-state index in [-0.39, 0.29) is 18.4 Å². The van der Waals surface area contributed by atoms with Gasteiger partial charge in [-0.25, -0.2) is 0 Å². The molecule has 1 N–H and O–H groups in total. The lowest BCUT2D eigenvalue weighted by molar-refractivity contribution is -0.139. The fraction of sp³-hybridized carbons (Fsp3) is 0.917. The number of nitrogens with zero attached hydrogens (tertiary/aromatic N) is 1. The first-order valence-electron chi connectivity index (χ1n) is 6.32. The van der Waals surface area contributed by atoms with Crippen LogP contribution in [0.5, 0.6) is 0 Å². The second kappa shape index (κ2) is 5.64. The van der Waals surface area contributed by atoms with Gasteiger partial charge < -0.3 is 14.7 Å². The molecule has 92 valence electrons. The van der Waals surface area contributed by atoms with E-state index in [0.29, 0.717) is 25.6 Å². The molecule has 0 aromatic rings. The van der Waals surface area contributed by atoms with Crippen LogP contribution >= 0.6 is 0 Å². The van der Waals surface area contributed by atoms with Crippen LogP contribution in [0.25, 0.3) is 0 Å². The molecule has 1 aliphatic carbocycles. The lowest BCUT2D eigenvalue weighted by Crippen LogP contribution is -2.47. The highest BCUT2D eigenvalue weighted by atomic mass is 16.5. The molecule has 0 aromatic carbocycles. The number of aliphatic hydroxyl groups is 1. The fourth-order valence-corrected chi connectivity index (χ4v) is 2.38. The Hall–Kier alpha value is -0.610.